The van der Waals surface area contributed by atoms with Gasteiger partial charge in [0.2, 0.25) is 5.91 Å². The normalized spacial score (nSPS) is 15.3. The van der Waals surface area contributed by atoms with E-state index in [-0.39, 0.29) is 12.0 Å². The van der Waals surface area contributed by atoms with E-state index in [1.165, 1.54) is 0 Å². The molecule has 2 aromatic carbocycles. The zero-order valence-electron chi connectivity index (χ0n) is 15.9. The summed E-state index contributed by atoms with van der Waals surface area (Å²) < 4.78 is 11.6. The van der Waals surface area contributed by atoms with Crippen LogP contribution in [0.2, 0.25) is 0 Å². The molecule has 1 heterocycles. The van der Waals surface area contributed by atoms with E-state index in [1.807, 2.05) is 54.6 Å². The lowest BCUT2D eigenvalue weighted by Crippen LogP contribution is -2.35. The third-order valence-electron chi connectivity index (χ3n) is 4.67. The van der Waals surface area contributed by atoms with Crippen LogP contribution in [0.25, 0.3) is 0 Å². The first-order chi connectivity index (χ1) is 13.2. The van der Waals surface area contributed by atoms with E-state index >= 15 is 0 Å². The van der Waals surface area contributed by atoms with Crippen LogP contribution in [-0.4, -0.2) is 43.7 Å². The quantitative estimate of drug-likeness (QED) is 0.717. The van der Waals surface area contributed by atoms with Crippen molar-refractivity contribution < 1.29 is 14.3 Å². The number of hydrogen-bond donors (Lipinski definition) is 1. The summed E-state index contributed by atoms with van der Waals surface area (Å²) in [5, 5.41) is 2.92. The highest BCUT2D eigenvalue weighted by Gasteiger charge is 2.17. The van der Waals surface area contributed by atoms with Crippen molar-refractivity contribution >= 4 is 11.6 Å². The Hall–Kier alpha value is -2.53. The molecule has 27 heavy (non-hydrogen) atoms. The number of amides is 1. The number of carbonyl (C=O) groups is 1. The van der Waals surface area contributed by atoms with Gasteiger partial charge in [0.15, 0.2) is 0 Å². The van der Waals surface area contributed by atoms with E-state index in [1.54, 1.807) is 0 Å². The molecule has 1 aliphatic heterocycles. The average molecular weight is 368 g/mol. The number of likely N-dealkylation sites (tertiary alicyclic amines) is 1. The minimum absolute atomic E-state index is 0.00403. The zero-order valence-corrected chi connectivity index (χ0v) is 15.9. The number of benzene rings is 2. The molecule has 0 radical (unpaired) electrons. The van der Waals surface area contributed by atoms with Crippen LogP contribution >= 0.6 is 0 Å². The molecule has 1 saturated heterocycles. The smallest absolute Gasteiger partial charge is 0.224 e. The lowest BCUT2D eigenvalue weighted by atomic mass is 10.1. The second kappa shape index (κ2) is 9.97. The molecule has 0 saturated carbocycles. The first-order valence-electron chi connectivity index (χ1n) is 9.62. The number of carbonyl (C=O) groups excluding carboxylic acids is 1. The van der Waals surface area contributed by atoms with Crippen LogP contribution in [0.3, 0.4) is 0 Å². The predicted molar refractivity (Wildman–Crippen MR) is 107 cm³/mol. The van der Waals surface area contributed by atoms with Gasteiger partial charge in [-0.2, -0.15) is 0 Å². The number of hydrogen-bond acceptors (Lipinski definition) is 4. The van der Waals surface area contributed by atoms with Crippen molar-refractivity contribution in [1.29, 1.82) is 0 Å². The van der Waals surface area contributed by atoms with Crippen molar-refractivity contribution in [2.45, 2.75) is 31.8 Å². The number of ether oxygens (including phenoxy) is 2. The van der Waals surface area contributed by atoms with Gasteiger partial charge in [-0.25, -0.2) is 0 Å². The third kappa shape index (κ3) is 6.61. The number of rotatable bonds is 8. The fourth-order valence-corrected chi connectivity index (χ4v) is 3.07. The Bertz CT molecular complexity index is 695. The Morgan fingerprint density at radius 2 is 1.74 bits per heavy atom. The Balaban J connectivity index is 1.35. The summed E-state index contributed by atoms with van der Waals surface area (Å²) in [4.78, 5) is 14.4. The molecule has 0 spiro atoms. The van der Waals surface area contributed by atoms with E-state index < -0.39 is 0 Å². The van der Waals surface area contributed by atoms with Gasteiger partial charge in [0.05, 0.1) is 6.61 Å². The van der Waals surface area contributed by atoms with Crippen LogP contribution in [0.1, 0.15) is 25.7 Å². The summed E-state index contributed by atoms with van der Waals surface area (Å²) in [5.41, 5.74) is 0.791. The molecule has 0 unspecified atom stereocenters. The van der Waals surface area contributed by atoms with Crippen molar-refractivity contribution in [2.75, 3.05) is 32.1 Å². The van der Waals surface area contributed by atoms with Crippen LogP contribution in [0, 0.1) is 0 Å². The van der Waals surface area contributed by atoms with Crippen LogP contribution in [0.15, 0.2) is 54.6 Å². The summed E-state index contributed by atoms with van der Waals surface area (Å²) in [6, 6.07) is 17.3. The van der Waals surface area contributed by atoms with Crippen LogP contribution in [0.5, 0.6) is 11.5 Å². The maximum Gasteiger partial charge on any atom is 0.224 e. The molecule has 1 amide bonds. The topological polar surface area (TPSA) is 50.8 Å². The second-order valence-electron chi connectivity index (χ2n) is 6.96. The molecular weight excluding hydrogens is 340 g/mol. The Kier molecular flexibility index (Phi) is 7.11. The number of para-hydroxylation sites is 1. The SMILES string of the molecule is CN1CCC(Oc2ccc(NC(=O)CCCOc3ccccc3)cc2)CC1. The van der Waals surface area contributed by atoms with Crippen molar-refractivity contribution in [2.24, 2.45) is 0 Å². The molecule has 1 fully saturated rings. The summed E-state index contributed by atoms with van der Waals surface area (Å²) >= 11 is 0. The highest BCUT2D eigenvalue weighted by atomic mass is 16.5. The Morgan fingerprint density at radius 1 is 1.04 bits per heavy atom. The minimum Gasteiger partial charge on any atom is -0.494 e. The van der Waals surface area contributed by atoms with E-state index in [0.29, 0.717) is 19.4 Å². The van der Waals surface area contributed by atoms with Crippen molar-refractivity contribution in [1.82, 2.24) is 4.90 Å². The number of anilines is 1. The second-order valence-corrected chi connectivity index (χ2v) is 6.96. The zero-order chi connectivity index (χ0) is 18.9. The summed E-state index contributed by atoms with van der Waals surface area (Å²) in [6.07, 6.45) is 3.50. The minimum atomic E-state index is -0.00403. The van der Waals surface area contributed by atoms with Crippen molar-refractivity contribution in [3.05, 3.63) is 54.6 Å². The molecule has 3 rings (SSSR count). The van der Waals surface area contributed by atoms with Crippen LogP contribution in [0.4, 0.5) is 5.69 Å². The lowest BCUT2D eigenvalue weighted by molar-refractivity contribution is -0.116. The molecule has 0 aromatic heterocycles. The standard InChI is InChI=1S/C22H28N2O3/c1-24-15-13-21(14-16-24)27-20-11-9-18(10-12-20)23-22(25)8-5-17-26-19-6-3-2-4-7-19/h2-4,6-7,9-12,21H,5,8,13-17H2,1H3,(H,23,25). The highest BCUT2D eigenvalue weighted by Crippen LogP contribution is 2.21. The monoisotopic (exact) mass is 368 g/mol. The largest absolute Gasteiger partial charge is 0.494 e. The van der Waals surface area contributed by atoms with Gasteiger partial charge >= 0.3 is 0 Å². The van der Waals surface area contributed by atoms with E-state index in [2.05, 4.69) is 17.3 Å². The maximum absolute atomic E-state index is 12.1. The van der Waals surface area contributed by atoms with Gasteiger partial charge in [0.1, 0.15) is 17.6 Å². The van der Waals surface area contributed by atoms with Crippen LogP contribution in [-0.2, 0) is 4.79 Å². The van der Waals surface area contributed by atoms with Gasteiger partial charge in [-0.3, -0.25) is 4.79 Å². The van der Waals surface area contributed by atoms with Crippen LogP contribution < -0.4 is 14.8 Å². The molecule has 0 atom stereocenters. The molecule has 5 heteroatoms. The van der Waals surface area contributed by atoms with Crippen molar-refractivity contribution in [3.63, 3.8) is 0 Å². The molecule has 0 bridgehead atoms. The Morgan fingerprint density at radius 3 is 2.44 bits per heavy atom. The molecule has 0 aliphatic carbocycles. The molecule has 144 valence electrons. The average Bonchev–Trinajstić information content (AvgIpc) is 2.69. The molecule has 2 aromatic rings. The first kappa shape index (κ1) is 19.2. The van der Waals surface area contributed by atoms with E-state index in [4.69, 9.17) is 9.47 Å². The summed E-state index contributed by atoms with van der Waals surface area (Å²) in [7, 11) is 2.14. The summed E-state index contributed by atoms with van der Waals surface area (Å²) in [6.45, 7) is 2.68. The van der Waals surface area contributed by atoms with Gasteiger partial charge in [-0.15, -0.1) is 0 Å². The van der Waals surface area contributed by atoms with E-state index in [9.17, 15) is 4.79 Å². The first-order valence-corrected chi connectivity index (χ1v) is 9.62. The highest BCUT2D eigenvalue weighted by molar-refractivity contribution is 5.90. The molecular formula is C22H28N2O3. The van der Waals surface area contributed by atoms with Gasteiger partial charge in [0.25, 0.3) is 0 Å². The number of nitrogens with zero attached hydrogens (tertiary/aromatic N) is 1. The molecule has 1 N–H and O–H groups in total. The number of nitrogens with one attached hydrogen (secondary N) is 1. The van der Waals surface area contributed by atoms with Crippen molar-refractivity contribution in [3.8, 4) is 11.5 Å². The molecule has 1 aliphatic rings. The van der Waals surface area contributed by atoms with Gasteiger partial charge in [-0.1, -0.05) is 18.2 Å². The predicted octanol–water partition coefficient (Wildman–Crippen LogP) is 3.96. The fraction of sp³-hybridized carbons (Fsp3) is 0.409. The maximum atomic E-state index is 12.1. The Labute approximate surface area is 161 Å². The number of piperidine rings is 1. The van der Waals surface area contributed by atoms with Gasteiger partial charge in [0, 0.05) is 25.2 Å². The summed E-state index contributed by atoms with van der Waals surface area (Å²) in [5.74, 6) is 1.69. The van der Waals surface area contributed by atoms with E-state index in [0.717, 1.165) is 43.1 Å². The lowest BCUT2D eigenvalue weighted by Gasteiger charge is -2.29. The fourth-order valence-electron chi connectivity index (χ4n) is 3.07. The van der Waals surface area contributed by atoms with Gasteiger partial charge < -0.3 is 19.7 Å². The third-order valence-corrected chi connectivity index (χ3v) is 4.67. The molecule has 5 nitrogen and oxygen atoms in total. The van der Waals surface area contributed by atoms with Gasteiger partial charge in [-0.05, 0) is 62.7 Å².